The predicted octanol–water partition coefficient (Wildman–Crippen LogP) is 6.42. The van der Waals surface area contributed by atoms with E-state index in [0.717, 1.165) is 16.7 Å². The summed E-state index contributed by atoms with van der Waals surface area (Å²) in [5.41, 5.74) is 3.23. The van der Waals surface area contributed by atoms with Crippen molar-refractivity contribution >= 4 is 39.5 Å². The molecule has 0 aliphatic carbocycles. The number of carbonyl (C=O) groups is 2. The molecule has 5 aromatic rings. The molecule has 5 aromatic carbocycles. The van der Waals surface area contributed by atoms with Crippen LogP contribution in [0.2, 0.25) is 0 Å². The second kappa shape index (κ2) is 22.9. The van der Waals surface area contributed by atoms with Gasteiger partial charge in [0, 0.05) is 46.2 Å². The summed E-state index contributed by atoms with van der Waals surface area (Å²) in [4.78, 5) is 27.6. The van der Waals surface area contributed by atoms with Gasteiger partial charge in [-0.2, -0.15) is 0 Å². The molecule has 60 heavy (non-hydrogen) atoms. The minimum atomic E-state index is -2.72. The van der Waals surface area contributed by atoms with Gasteiger partial charge >= 0.3 is 7.32 Å². The molecule has 0 unspecified atom stereocenters. The third kappa shape index (κ3) is 12.3. The summed E-state index contributed by atoms with van der Waals surface area (Å²) < 4.78 is 20.0. The fourth-order valence-electron chi connectivity index (χ4n) is 7.38. The smallest absolute Gasteiger partial charge is 0.508 e. The first-order valence-corrected chi connectivity index (χ1v) is 24.0. The molecule has 0 aromatic heterocycles. The van der Waals surface area contributed by atoms with Crippen LogP contribution in [0, 0.1) is 0 Å². The summed E-state index contributed by atoms with van der Waals surface area (Å²) in [6.45, 7) is -1.47. The Hall–Kier alpha value is -4.48. The summed E-state index contributed by atoms with van der Waals surface area (Å²) in [5, 5.41) is 61.2. The number of hydrogen-bond acceptors (Lipinski definition) is 11. The van der Waals surface area contributed by atoms with Gasteiger partial charge in [-0.1, -0.05) is 91.0 Å². The van der Waals surface area contributed by atoms with Crippen LogP contribution in [0.5, 0.6) is 11.5 Å². The molecule has 0 aliphatic heterocycles. The highest BCUT2D eigenvalue weighted by Gasteiger charge is 2.42. The molecule has 320 valence electrons. The fraction of sp³-hybridized carbons (Fsp3) is 0.304. The van der Waals surface area contributed by atoms with E-state index in [-0.39, 0.29) is 90.6 Å². The van der Waals surface area contributed by atoms with Crippen LogP contribution >= 0.6 is 20.6 Å². The number of ketones is 2. The second-order valence-electron chi connectivity index (χ2n) is 14.3. The maximum Gasteiger partial charge on any atom is 0.660 e. The predicted molar refractivity (Wildman–Crippen MR) is 240 cm³/mol. The van der Waals surface area contributed by atoms with Crippen molar-refractivity contribution in [2.24, 2.45) is 0 Å². The average molecular weight is 859 g/mol. The van der Waals surface area contributed by atoms with E-state index in [2.05, 4.69) is 36.4 Å². The van der Waals surface area contributed by atoms with Crippen molar-refractivity contribution in [3.63, 3.8) is 0 Å². The van der Waals surface area contributed by atoms with E-state index in [0.29, 0.717) is 24.0 Å². The second-order valence-corrected chi connectivity index (χ2v) is 20.8. The maximum atomic E-state index is 13.8. The van der Waals surface area contributed by atoms with Crippen LogP contribution < -0.4 is 0 Å². The van der Waals surface area contributed by atoms with Crippen LogP contribution in [0.4, 0.5) is 0 Å². The molecule has 14 heteroatoms. The van der Waals surface area contributed by atoms with Gasteiger partial charge in [0.15, 0.2) is 11.6 Å². The van der Waals surface area contributed by atoms with Gasteiger partial charge in [0.1, 0.15) is 11.5 Å². The van der Waals surface area contributed by atoms with Crippen molar-refractivity contribution in [1.82, 2.24) is 0 Å². The van der Waals surface area contributed by atoms with E-state index in [1.54, 1.807) is 0 Å². The van der Waals surface area contributed by atoms with E-state index in [1.807, 2.05) is 54.6 Å². The number of aromatic hydroxyl groups is 2. The van der Waals surface area contributed by atoms with Crippen molar-refractivity contribution in [1.29, 1.82) is 0 Å². The molecule has 6 N–H and O–H groups in total. The van der Waals surface area contributed by atoms with Crippen LogP contribution in [0.1, 0.15) is 50.2 Å². The van der Waals surface area contributed by atoms with Crippen LogP contribution in [-0.4, -0.2) is 117 Å². The Morgan fingerprint density at radius 3 is 1.15 bits per heavy atom. The van der Waals surface area contributed by atoms with Gasteiger partial charge in [-0.3, -0.25) is 9.59 Å². The molecule has 0 spiro atoms. The zero-order chi connectivity index (χ0) is 42.9. The van der Waals surface area contributed by atoms with E-state index >= 15 is 0 Å². The first-order chi connectivity index (χ1) is 29.1. The lowest BCUT2D eigenvalue weighted by molar-refractivity contribution is 0.101. The van der Waals surface area contributed by atoms with Crippen molar-refractivity contribution < 1.29 is 53.1 Å². The number of hydrogen-bond donors (Lipinski definition) is 6. The molecule has 0 heterocycles. The molecule has 11 nitrogen and oxygen atoms in total. The van der Waals surface area contributed by atoms with Gasteiger partial charge in [-0.25, -0.2) is 0 Å². The number of aliphatic hydroxyl groups excluding tert-OH is 4. The lowest BCUT2D eigenvalue weighted by atomic mass is 9.67. The minimum absolute atomic E-state index is 0.0151. The number of Topliss-reactive ketones (excluding diaryl/α,β-unsaturated/α-hetero) is 2. The lowest BCUT2D eigenvalue weighted by Gasteiger charge is -2.44. The summed E-state index contributed by atoms with van der Waals surface area (Å²) in [7, 11) is -6.99. The van der Waals surface area contributed by atoms with Crippen molar-refractivity contribution in [2.75, 3.05) is 67.6 Å². The Labute approximate surface area is 355 Å². The summed E-state index contributed by atoms with van der Waals surface area (Å²) in [6, 6.07) is 42.1. The summed E-state index contributed by atoms with van der Waals surface area (Å²) in [5.74, 6) is -1.26. The standard InChI is InChI=1S/C46H55BO11S2/c48-26-31-59(32-27-49,35-44(54)37-17-21-42(52)22-18-37)57-47(58-60(33-28-50,34-29-51)36-45(55)38-19-23-43(53)24-20-38)56-30-10-25-46(39-11-4-1-5-12-39,40-13-6-2-7-14-40)41-15-8-3-9-16-41/h1-9,11-24,48-53H,10,25-36H2. The van der Waals surface area contributed by atoms with Gasteiger partial charge in [-0.15, -0.1) is 20.6 Å². The first kappa shape index (κ1) is 46.6. The van der Waals surface area contributed by atoms with Gasteiger partial charge in [0.2, 0.25) is 0 Å². The molecular weight excluding hydrogens is 803 g/mol. The Morgan fingerprint density at radius 2 is 0.833 bits per heavy atom. The SMILES string of the molecule is O=C(CS(CCO)(CCO)OB(OCCCC(c1ccccc1)(c1ccccc1)c1ccccc1)OS(CCO)(CCO)CC(=O)c1ccc(O)cc1)c1ccc(O)cc1. The van der Waals surface area contributed by atoms with E-state index in [4.69, 9.17) is 12.9 Å². The molecule has 0 saturated heterocycles. The van der Waals surface area contributed by atoms with Gasteiger partial charge in [0.25, 0.3) is 0 Å². The van der Waals surface area contributed by atoms with E-state index in [1.165, 1.54) is 48.5 Å². The Kier molecular flexibility index (Phi) is 17.8. The molecule has 5 rings (SSSR count). The van der Waals surface area contributed by atoms with Gasteiger partial charge in [0.05, 0.1) is 37.9 Å². The van der Waals surface area contributed by atoms with Gasteiger partial charge in [-0.05, 0) is 78.1 Å². The number of phenolic OH excluding ortho intramolecular Hbond substituents is 2. The summed E-state index contributed by atoms with van der Waals surface area (Å²) >= 11 is 0. The van der Waals surface area contributed by atoms with Crippen molar-refractivity contribution in [3.8, 4) is 11.5 Å². The molecule has 0 amide bonds. The minimum Gasteiger partial charge on any atom is -0.508 e. The zero-order valence-corrected chi connectivity index (χ0v) is 35.2. The van der Waals surface area contributed by atoms with Crippen molar-refractivity contribution in [3.05, 3.63) is 167 Å². The molecular formula is C46H55BO11S2. The normalized spacial score (nSPS) is 12.5. The highest BCUT2D eigenvalue weighted by atomic mass is 32.3. The molecule has 0 saturated carbocycles. The Morgan fingerprint density at radius 1 is 0.500 bits per heavy atom. The quantitative estimate of drug-likeness (QED) is 0.0156. The Balaban J connectivity index is 1.52. The van der Waals surface area contributed by atoms with E-state index < -0.39 is 33.4 Å². The van der Waals surface area contributed by atoms with Crippen LogP contribution in [-0.2, 0) is 18.3 Å². The van der Waals surface area contributed by atoms with Crippen LogP contribution in [0.3, 0.4) is 0 Å². The lowest BCUT2D eigenvalue weighted by Crippen LogP contribution is -2.39. The highest BCUT2D eigenvalue weighted by Crippen LogP contribution is 2.55. The fourth-order valence-corrected chi connectivity index (χ4v) is 12.4. The molecule has 0 aliphatic rings. The molecule has 0 bridgehead atoms. The maximum absolute atomic E-state index is 13.8. The van der Waals surface area contributed by atoms with Gasteiger partial charge < -0.3 is 43.5 Å². The summed E-state index contributed by atoms with van der Waals surface area (Å²) in [6.07, 6.45) is 1.04. The molecule has 0 radical (unpaired) electrons. The van der Waals surface area contributed by atoms with Crippen LogP contribution in [0.15, 0.2) is 140 Å². The monoisotopic (exact) mass is 858 g/mol. The first-order valence-electron chi connectivity index (χ1n) is 19.9. The largest absolute Gasteiger partial charge is 0.660 e. The van der Waals surface area contributed by atoms with Crippen LogP contribution in [0.25, 0.3) is 0 Å². The zero-order valence-electron chi connectivity index (χ0n) is 33.6. The third-order valence-electron chi connectivity index (χ3n) is 10.3. The number of aliphatic hydroxyl groups is 4. The number of phenols is 2. The topological polar surface area (TPSA) is 183 Å². The number of carbonyl (C=O) groups excluding carboxylic acids is 2. The number of benzene rings is 5. The molecule has 0 atom stereocenters. The van der Waals surface area contributed by atoms with E-state index in [9.17, 15) is 40.2 Å². The average Bonchev–Trinajstić information content (AvgIpc) is 3.25. The molecule has 0 fully saturated rings. The highest BCUT2D eigenvalue weighted by molar-refractivity contribution is 8.32. The van der Waals surface area contributed by atoms with Crippen molar-refractivity contribution in [2.45, 2.75) is 18.3 Å². The Bertz CT molecular complexity index is 1850. The third-order valence-corrected chi connectivity index (χ3v) is 16.7. The number of rotatable bonds is 26.